The Kier molecular flexibility index (Phi) is 6.03. The Morgan fingerprint density at radius 2 is 1.65 bits per heavy atom. The van der Waals surface area contributed by atoms with E-state index in [2.05, 4.69) is 16.7 Å². The SMILES string of the molecule is Cc1ccc(C)c(NC(=O)c2ccc(NC(=O)N3CCCCc4ccccc43)cc2)c1. The van der Waals surface area contributed by atoms with Crippen LogP contribution in [-0.4, -0.2) is 18.5 Å². The Hall–Kier alpha value is -3.60. The Balaban J connectivity index is 1.44. The summed E-state index contributed by atoms with van der Waals surface area (Å²) in [5.41, 5.74) is 6.29. The van der Waals surface area contributed by atoms with E-state index in [4.69, 9.17) is 0 Å². The molecular formula is C26H27N3O2. The summed E-state index contributed by atoms with van der Waals surface area (Å²) in [6.07, 6.45) is 3.04. The van der Waals surface area contributed by atoms with Crippen molar-refractivity contribution in [1.29, 1.82) is 0 Å². The Labute approximate surface area is 183 Å². The number of hydrogen-bond acceptors (Lipinski definition) is 2. The molecule has 1 aliphatic heterocycles. The van der Waals surface area contributed by atoms with Crippen molar-refractivity contribution >= 4 is 29.0 Å². The highest BCUT2D eigenvalue weighted by molar-refractivity contribution is 6.06. The first-order valence-corrected chi connectivity index (χ1v) is 10.7. The largest absolute Gasteiger partial charge is 0.326 e. The second kappa shape index (κ2) is 9.04. The van der Waals surface area contributed by atoms with E-state index in [0.717, 1.165) is 41.8 Å². The summed E-state index contributed by atoms with van der Waals surface area (Å²) in [6, 6.07) is 20.9. The highest BCUT2D eigenvalue weighted by atomic mass is 16.2. The maximum absolute atomic E-state index is 12.9. The number of anilines is 3. The number of aryl methyl sites for hydroxylation is 3. The number of amides is 3. The topological polar surface area (TPSA) is 61.4 Å². The van der Waals surface area contributed by atoms with E-state index in [1.807, 2.05) is 55.1 Å². The second-order valence-corrected chi connectivity index (χ2v) is 8.02. The molecule has 3 aromatic carbocycles. The van der Waals surface area contributed by atoms with Gasteiger partial charge in [-0.05, 0) is 86.2 Å². The highest BCUT2D eigenvalue weighted by Crippen LogP contribution is 2.27. The number of para-hydroxylation sites is 1. The van der Waals surface area contributed by atoms with Crippen molar-refractivity contribution in [2.75, 3.05) is 22.1 Å². The average Bonchev–Trinajstić information content (AvgIpc) is 2.99. The lowest BCUT2D eigenvalue weighted by atomic mass is 10.1. The molecule has 5 heteroatoms. The van der Waals surface area contributed by atoms with E-state index >= 15 is 0 Å². The van der Waals surface area contributed by atoms with E-state index in [1.54, 1.807) is 24.3 Å². The van der Waals surface area contributed by atoms with Crippen molar-refractivity contribution in [3.05, 3.63) is 89.0 Å². The number of urea groups is 1. The molecule has 2 N–H and O–H groups in total. The summed E-state index contributed by atoms with van der Waals surface area (Å²) in [7, 11) is 0. The quantitative estimate of drug-likeness (QED) is 0.559. The molecule has 3 aromatic rings. The first-order chi connectivity index (χ1) is 15.0. The van der Waals surface area contributed by atoms with Gasteiger partial charge in [0.25, 0.3) is 5.91 Å². The molecule has 158 valence electrons. The van der Waals surface area contributed by atoms with Crippen LogP contribution in [0.2, 0.25) is 0 Å². The molecule has 1 heterocycles. The number of fused-ring (bicyclic) bond motifs is 1. The molecule has 0 bridgehead atoms. The fourth-order valence-electron chi connectivity index (χ4n) is 3.86. The minimum atomic E-state index is -0.173. The molecule has 0 aliphatic carbocycles. The molecule has 0 saturated carbocycles. The summed E-state index contributed by atoms with van der Waals surface area (Å²) in [4.78, 5) is 27.4. The van der Waals surface area contributed by atoms with Crippen LogP contribution < -0.4 is 15.5 Å². The van der Waals surface area contributed by atoms with Gasteiger partial charge in [0.15, 0.2) is 0 Å². The summed E-state index contributed by atoms with van der Waals surface area (Å²) in [5.74, 6) is -0.173. The minimum absolute atomic E-state index is 0.151. The van der Waals surface area contributed by atoms with Crippen molar-refractivity contribution in [2.45, 2.75) is 33.1 Å². The smallest absolute Gasteiger partial charge is 0.322 e. The molecule has 0 fully saturated rings. The Morgan fingerprint density at radius 3 is 2.45 bits per heavy atom. The zero-order valence-electron chi connectivity index (χ0n) is 17.9. The zero-order chi connectivity index (χ0) is 21.8. The van der Waals surface area contributed by atoms with Crippen molar-refractivity contribution < 1.29 is 9.59 Å². The minimum Gasteiger partial charge on any atom is -0.322 e. The third kappa shape index (κ3) is 4.77. The summed E-state index contributed by atoms with van der Waals surface area (Å²) < 4.78 is 0. The van der Waals surface area contributed by atoms with Gasteiger partial charge < -0.3 is 10.6 Å². The van der Waals surface area contributed by atoms with Crippen molar-refractivity contribution in [3.8, 4) is 0 Å². The number of benzene rings is 3. The van der Waals surface area contributed by atoms with Gasteiger partial charge in [0, 0.05) is 29.2 Å². The van der Waals surface area contributed by atoms with Crippen LogP contribution in [-0.2, 0) is 6.42 Å². The third-order valence-electron chi connectivity index (χ3n) is 5.65. The van der Waals surface area contributed by atoms with Gasteiger partial charge in [0.05, 0.1) is 0 Å². The van der Waals surface area contributed by atoms with Crippen molar-refractivity contribution in [3.63, 3.8) is 0 Å². The van der Waals surface area contributed by atoms with Crippen LogP contribution in [0.25, 0.3) is 0 Å². The Morgan fingerprint density at radius 1 is 0.871 bits per heavy atom. The van der Waals surface area contributed by atoms with E-state index in [9.17, 15) is 9.59 Å². The first kappa shape index (κ1) is 20.7. The fraction of sp³-hybridized carbons (Fsp3) is 0.231. The summed E-state index contributed by atoms with van der Waals surface area (Å²) in [6.45, 7) is 4.66. The lowest BCUT2D eigenvalue weighted by Crippen LogP contribution is -2.35. The number of nitrogens with zero attached hydrogens (tertiary/aromatic N) is 1. The molecule has 0 unspecified atom stereocenters. The van der Waals surface area contributed by atoms with Gasteiger partial charge >= 0.3 is 6.03 Å². The normalized spacial score (nSPS) is 13.2. The number of hydrogen-bond donors (Lipinski definition) is 2. The van der Waals surface area contributed by atoms with Gasteiger partial charge in [0.1, 0.15) is 0 Å². The molecule has 3 amide bonds. The lowest BCUT2D eigenvalue weighted by Gasteiger charge is -2.23. The van der Waals surface area contributed by atoms with Crippen LogP contribution >= 0.6 is 0 Å². The van der Waals surface area contributed by atoms with Gasteiger partial charge in [0.2, 0.25) is 0 Å². The van der Waals surface area contributed by atoms with E-state index in [1.165, 1.54) is 5.56 Å². The molecular weight excluding hydrogens is 386 g/mol. The predicted octanol–water partition coefficient (Wildman–Crippen LogP) is 5.93. The van der Waals surface area contributed by atoms with Crippen molar-refractivity contribution in [1.82, 2.24) is 0 Å². The molecule has 5 nitrogen and oxygen atoms in total. The summed E-state index contributed by atoms with van der Waals surface area (Å²) >= 11 is 0. The van der Waals surface area contributed by atoms with Crippen LogP contribution in [0.1, 0.15) is 39.9 Å². The fourth-order valence-corrected chi connectivity index (χ4v) is 3.86. The molecule has 0 saturated heterocycles. The maximum atomic E-state index is 12.9. The molecule has 0 atom stereocenters. The monoisotopic (exact) mass is 413 g/mol. The Bertz CT molecular complexity index is 1110. The van der Waals surface area contributed by atoms with Gasteiger partial charge in [-0.3, -0.25) is 9.69 Å². The van der Waals surface area contributed by atoms with Crippen LogP contribution in [0, 0.1) is 13.8 Å². The molecule has 0 aromatic heterocycles. The molecule has 31 heavy (non-hydrogen) atoms. The standard InChI is InChI=1S/C26H27N3O2/c1-18-10-11-19(2)23(17-18)28-25(30)21-12-14-22(15-13-21)27-26(31)29-16-6-5-8-20-7-3-4-9-24(20)29/h3-4,7,9-15,17H,5-6,8,16H2,1-2H3,(H,27,31)(H,28,30). The zero-order valence-corrected chi connectivity index (χ0v) is 17.9. The number of carbonyl (C=O) groups is 2. The highest BCUT2D eigenvalue weighted by Gasteiger charge is 2.21. The van der Waals surface area contributed by atoms with E-state index < -0.39 is 0 Å². The lowest BCUT2D eigenvalue weighted by molar-refractivity contribution is 0.102. The third-order valence-corrected chi connectivity index (χ3v) is 5.65. The van der Waals surface area contributed by atoms with Crippen LogP contribution in [0.15, 0.2) is 66.7 Å². The molecule has 0 radical (unpaired) electrons. The van der Waals surface area contributed by atoms with Crippen molar-refractivity contribution in [2.24, 2.45) is 0 Å². The number of nitrogens with one attached hydrogen (secondary N) is 2. The second-order valence-electron chi connectivity index (χ2n) is 8.02. The molecule has 0 spiro atoms. The molecule has 1 aliphatic rings. The molecule has 4 rings (SSSR count). The average molecular weight is 414 g/mol. The van der Waals surface area contributed by atoms with Crippen LogP contribution in [0.3, 0.4) is 0 Å². The maximum Gasteiger partial charge on any atom is 0.326 e. The van der Waals surface area contributed by atoms with Crippen LogP contribution in [0.4, 0.5) is 21.9 Å². The number of carbonyl (C=O) groups excluding carboxylic acids is 2. The van der Waals surface area contributed by atoms with Gasteiger partial charge in [-0.2, -0.15) is 0 Å². The van der Waals surface area contributed by atoms with Gasteiger partial charge in [-0.1, -0.05) is 30.3 Å². The first-order valence-electron chi connectivity index (χ1n) is 10.7. The van der Waals surface area contributed by atoms with Gasteiger partial charge in [-0.25, -0.2) is 4.79 Å². The predicted molar refractivity (Wildman–Crippen MR) is 126 cm³/mol. The van der Waals surface area contributed by atoms with Gasteiger partial charge in [-0.15, -0.1) is 0 Å². The van der Waals surface area contributed by atoms with Crippen LogP contribution in [0.5, 0.6) is 0 Å². The number of rotatable bonds is 3. The summed E-state index contributed by atoms with van der Waals surface area (Å²) in [5, 5.41) is 5.93. The van der Waals surface area contributed by atoms with E-state index in [-0.39, 0.29) is 11.9 Å². The van der Waals surface area contributed by atoms with E-state index in [0.29, 0.717) is 17.8 Å².